The van der Waals surface area contributed by atoms with Crippen LogP contribution in [0, 0.1) is 0 Å². The molecule has 17 nitrogen and oxygen atoms in total. The van der Waals surface area contributed by atoms with Gasteiger partial charge >= 0.3 is 0 Å². The number of carbonyl (C=O) groups is 3. The number of aromatic nitrogens is 9. The average molecular weight is 699 g/mol. The summed E-state index contributed by atoms with van der Waals surface area (Å²) in [5, 5.41) is 26.4. The highest BCUT2D eigenvalue weighted by atomic mass is 16.2. The molecule has 0 bridgehead atoms. The van der Waals surface area contributed by atoms with Crippen molar-refractivity contribution in [2.24, 2.45) is 0 Å². The third-order valence-electron chi connectivity index (χ3n) is 8.81. The molecule has 0 unspecified atom stereocenters. The number of anilines is 3. The van der Waals surface area contributed by atoms with E-state index < -0.39 is 11.8 Å². The van der Waals surface area contributed by atoms with Gasteiger partial charge in [-0.25, -0.2) is 24.3 Å². The van der Waals surface area contributed by atoms with Gasteiger partial charge in [-0.3, -0.25) is 29.3 Å². The Bertz CT molecular complexity index is 2390. The van der Waals surface area contributed by atoms with Gasteiger partial charge in [-0.1, -0.05) is 30.3 Å². The zero-order valence-electron chi connectivity index (χ0n) is 27.9. The summed E-state index contributed by atoms with van der Waals surface area (Å²) in [6.45, 7) is 3.81. The number of nitrogens with zero attached hydrogens (tertiary/aromatic N) is 10. The van der Waals surface area contributed by atoms with Crippen molar-refractivity contribution in [1.82, 2.24) is 54.5 Å². The molecule has 0 radical (unpaired) electrons. The fourth-order valence-electron chi connectivity index (χ4n) is 6.31. The van der Waals surface area contributed by atoms with Gasteiger partial charge in [-0.15, -0.1) is 10.2 Å². The topological polar surface area (TPSA) is 197 Å². The second-order valence-corrected chi connectivity index (χ2v) is 12.4. The molecule has 0 aliphatic carbocycles. The summed E-state index contributed by atoms with van der Waals surface area (Å²) in [5.74, 6) is -0.0445. The first-order chi connectivity index (χ1) is 25.5. The highest BCUT2D eigenvalue weighted by molar-refractivity contribution is 6.03. The second-order valence-electron chi connectivity index (χ2n) is 12.4. The Morgan fingerprint density at radius 2 is 1.10 bits per heavy atom. The number of hydrogen-bond donors (Lipinski definition) is 4. The molecular formula is C35H34N14O3. The number of benzene rings is 1. The number of piperazine rings is 1. The molecule has 7 aromatic rings. The van der Waals surface area contributed by atoms with Gasteiger partial charge in [-0.2, -0.15) is 5.10 Å². The minimum Gasteiger partial charge on any atom is -0.309 e. The Labute approximate surface area is 296 Å². The Kier molecular flexibility index (Phi) is 8.99. The number of rotatable bonds is 11. The molecule has 17 heteroatoms. The number of aromatic amines is 1. The molecule has 1 aromatic carbocycles. The van der Waals surface area contributed by atoms with Crippen LogP contribution in [0.5, 0.6) is 0 Å². The van der Waals surface area contributed by atoms with Crippen LogP contribution in [0.25, 0.3) is 33.1 Å². The third-order valence-corrected chi connectivity index (χ3v) is 8.81. The summed E-state index contributed by atoms with van der Waals surface area (Å²) in [6.07, 6.45) is 4.80. The van der Waals surface area contributed by atoms with Crippen LogP contribution >= 0.6 is 0 Å². The van der Waals surface area contributed by atoms with E-state index in [1.807, 2.05) is 18.2 Å². The maximum Gasteiger partial charge on any atom is 0.247 e. The van der Waals surface area contributed by atoms with Crippen molar-refractivity contribution >= 4 is 68.3 Å². The lowest BCUT2D eigenvalue weighted by Crippen LogP contribution is -2.48. The molecule has 52 heavy (non-hydrogen) atoms. The van der Waals surface area contributed by atoms with Crippen LogP contribution in [0.4, 0.5) is 17.5 Å². The maximum atomic E-state index is 13.7. The highest BCUT2D eigenvalue weighted by Gasteiger charge is 2.23. The van der Waals surface area contributed by atoms with Gasteiger partial charge < -0.3 is 16.0 Å². The van der Waals surface area contributed by atoms with Crippen molar-refractivity contribution in [3.8, 4) is 0 Å². The zero-order chi connectivity index (χ0) is 35.4. The van der Waals surface area contributed by atoms with E-state index in [2.05, 4.69) is 73.2 Å². The molecule has 262 valence electrons. The SMILES string of the molecule is O=C(Cn1nc2ncccc2c1NC(=O)Cn1nc2ncccc2c1NC(=O)CN1CCN(Cc2ccccc2)CC1)Nc1[nH]nc2ncccc12. The van der Waals surface area contributed by atoms with Crippen LogP contribution in [-0.4, -0.2) is 105 Å². The molecule has 0 atom stereocenters. The minimum absolute atomic E-state index is 0.198. The first kappa shape index (κ1) is 32.6. The molecule has 6 aromatic heterocycles. The molecule has 3 amide bonds. The quantitative estimate of drug-likeness (QED) is 0.155. The summed E-state index contributed by atoms with van der Waals surface area (Å²) >= 11 is 0. The van der Waals surface area contributed by atoms with Crippen molar-refractivity contribution in [1.29, 1.82) is 0 Å². The molecule has 8 rings (SSSR count). The molecular weight excluding hydrogens is 664 g/mol. The zero-order valence-corrected chi connectivity index (χ0v) is 27.9. The largest absolute Gasteiger partial charge is 0.309 e. The minimum atomic E-state index is -0.462. The lowest BCUT2D eigenvalue weighted by Gasteiger charge is -2.34. The van der Waals surface area contributed by atoms with E-state index in [0.29, 0.717) is 44.7 Å². The van der Waals surface area contributed by atoms with Gasteiger partial charge in [0.15, 0.2) is 16.9 Å². The Morgan fingerprint density at radius 3 is 1.71 bits per heavy atom. The van der Waals surface area contributed by atoms with Crippen molar-refractivity contribution in [2.75, 3.05) is 48.7 Å². The van der Waals surface area contributed by atoms with Crippen LogP contribution in [0.1, 0.15) is 5.56 Å². The molecule has 1 aliphatic rings. The molecule has 1 saturated heterocycles. The summed E-state index contributed by atoms with van der Waals surface area (Å²) in [6, 6.07) is 20.9. The normalized spacial score (nSPS) is 13.8. The monoisotopic (exact) mass is 698 g/mol. The van der Waals surface area contributed by atoms with Crippen molar-refractivity contribution < 1.29 is 14.4 Å². The standard InChI is InChI=1S/C35H34N14O3/c50-27(20-47-17-15-46(16-18-47)19-23-7-2-1-3-8-23)40-34-25-10-5-13-37-31(25)45-49(34)22-29(52)41-35-26-11-6-14-38-32(26)44-48(35)21-28(51)39-33-24-9-4-12-36-30(24)42-43-33/h1-14H,15-22H2,(H,40,50)(H,41,52)(H2,36,39,42,43,51). The highest BCUT2D eigenvalue weighted by Crippen LogP contribution is 2.25. The van der Waals surface area contributed by atoms with Gasteiger partial charge in [0.25, 0.3) is 0 Å². The van der Waals surface area contributed by atoms with Gasteiger partial charge in [0, 0.05) is 51.3 Å². The number of carbonyl (C=O) groups excluding carboxylic acids is 3. The van der Waals surface area contributed by atoms with Gasteiger partial charge in [0.2, 0.25) is 17.7 Å². The lowest BCUT2D eigenvalue weighted by atomic mass is 10.2. The maximum absolute atomic E-state index is 13.7. The lowest BCUT2D eigenvalue weighted by molar-refractivity contribution is -0.118. The fourth-order valence-corrected chi connectivity index (χ4v) is 6.31. The fraction of sp³-hybridized carbons (Fsp3) is 0.229. The smallest absolute Gasteiger partial charge is 0.247 e. The van der Waals surface area contributed by atoms with Gasteiger partial charge in [-0.05, 0) is 42.0 Å². The number of H-pyrrole nitrogens is 1. The molecule has 1 fully saturated rings. The van der Waals surface area contributed by atoms with E-state index in [0.717, 1.165) is 32.7 Å². The number of fused-ring (bicyclic) bond motifs is 3. The summed E-state index contributed by atoms with van der Waals surface area (Å²) < 4.78 is 2.80. The van der Waals surface area contributed by atoms with Crippen LogP contribution < -0.4 is 16.0 Å². The van der Waals surface area contributed by atoms with Crippen LogP contribution in [0.15, 0.2) is 85.3 Å². The van der Waals surface area contributed by atoms with Crippen molar-refractivity contribution in [2.45, 2.75) is 19.6 Å². The summed E-state index contributed by atoms with van der Waals surface area (Å²) in [7, 11) is 0. The van der Waals surface area contributed by atoms with E-state index in [4.69, 9.17) is 0 Å². The number of hydrogen-bond acceptors (Lipinski definition) is 11. The molecule has 4 N–H and O–H groups in total. The van der Waals surface area contributed by atoms with Crippen LogP contribution in [-0.2, 0) is 34.0 Å². The van der Waals surface area contributed by atoms with E-state index in [1.54, 1.807) is 55.0 Å². The first-order valence-electron chi connectivity index (χ1n) is 16.8. The number of pyridine rings is 3. The van der Waals surface area contributed by atoms with Gasteiger partial charge in [0.1, 0.15) is 30.5 Å². The van der Waals surface area contributed by atoms with E-state index in [9.17, 15) is 14.4 Å². The Hall–Kier alpha value is -6.59. The summed E-state index contributed by atoms with van der Waals surface area (Å²) in [5.41, 5.74) is 2.47. The van der Waals surface area contributed by atoms with Gasteiger partial charge in [0.05, 0.1) is 22.7 Å². The van der Waals surface area contributed by atoms with Crippen LogP contribution in [0.2, 0.25) is 0 Å². The van der Waals surface area contributed by atoms with E-state index >= 15 is 0 Å². The third kappa shape index (κ3) is 7.03. The van der Waals surface area contributed by atoms with Crippen molar-refractivity contribution in [3.05, 3.63) is 90.9 Å². The molecule has 0 saturated carbocycles. The summed E-state index contributed by atoms with van der Waals surface area (Å²) in [4.78, 5) is 57.5. The first-order valence-corrected chi connectivity index (χ1v) is 16.8. The Morgan fingerprint density at radius 1 is 0.577 bits per heavy atom. The molecule has 7 heterocycles. The van der Waals surface area contributed by atoms with Crippen LogP contribution in [0.3, 0.4) is 0 Å². The second kappa shape index (κ2) is 14.3. The molecule has 1 aliphatic heterocycles. The number of amides is 3. The van der Waals surface area contributed by atoms with E-state index in [-0.39, 0.29) is 31.4 Å². The van der Waals surface area contributed by atoms with E-state index in [1.165, 1.54) is 14.9 Å². The number of nitrogens with one attached hydrogen (secondary N) is 4. The predicted molar refractivity (Wildman–Crippen MR) is 193 cm³/mol. The molecule has 0 spiro atoms. The Balaban J connectivity index is 0.949. The van der Waals surface area contributed by atoms with Crippen molar-refractivity contribution in [3.63, 3.8) is 0 Å². The predicted octanol–water partition coefficient (Wildman–Crippen LogP) is 2.48. The average Bonchev–Trinajstić information content (AvgIpc) is 3.83.